The Balaban J connectivity index is 1.89. The number of hydrogen-bond acceptors (Lipinski definition) is 3. The van der Waals surface area contributed by atoms with Gasteiger partial charge in [-0.2, -0.15) is 0 Å². The summed E-state index contributed by atoms with van der Waals surface area (Å²) in [5.41, 5.74) is 1.94. The van der Waals surface area contributed by atoms with E-state index in [2.05, 4.69) is 17.0 Å². The quantitative estimate of drug-likeness (QED) is 0.757. The van der Waals surface area contributed by atoms with Gasteiger partial charge in [-0.1, -0.05) is 60.7 Å². The molecule has 0 aliphatic carbocycles. The lowest BCUT2D eigenvalue weighted by Gasteiger charge is -2.21. The third kappa shape index (κ3) is 5.14. The molecule has 0 unspecified atom stereocenters. The van der Waals surface area contributed by atoms with Gasteiger partial charge in [-0.15, -0.1) is 0 Å². The summed E-state index contributed by atoms with van der Waals surface area (Å²) in [6.07, 6.45) is 0.469. The Labute approximate surface area is 125 Å². The molecule has 0 saturated carbocycles. The van der Waals surface area contributed by atoms with Gasteiger partial charge >= 0.3 is 0 Å². The van der Waals surface area contributed by atoms with E-state index in [0.29, 0.717) is 19.5 Å². The second-order valence-corrected chi connectivity index (χ2v) is 5.02. The van der Waals surface area contributed by atoms with Crippen LogP contribution in [0.5, 0.6) is 0 Å². The minimum atomic E-state index is 0.104. The standard InChI is InChI=1S/C18H21NO2/c20-14-13-19(15-16-7-3-1-4-8-16)12-11-18(21)17-9-5-2-6-10-17/h1-10,20H,11-15H2. The molecule has 0 bridgehead atoms. The highest BCUT2D eigenvalue weighted by Crippen LogP contribution is 2.08. The molecule has 1 N–H and O–H groups in total. The summed E-state index contributed by atoms with van der Waals surface area (Å²) in [5, 5.41) is 9.17. The van der Waals surface area contributed by atoms with Crippen molar-refractivity contribution in [1.82, 2.24) is 4.90 Å². The normalized spacial score (nSPS) is 10.8. The first kappa shape index (κ1) is 15.4. The van der Waals surface area contributed by atoms with Crippen LogP contribution >= 0.6 is 0 Å². The largest absolute Gasteiger partial charge is 0.395 e. The number of hydrogen-bond donors (Lipinski definition) is 1. The predicted molar refractivity (Wildman–Crippen MR) is 84.2 cm³/mol. The van der Waals surface area contributed by atoms with Gasteiger partial charge in [0.1, 0.15) is 0 Å². The van der Waals surface area contributed by atoms with Gasteiger partial charge in [-0.05, 0) is 5.56 Å². The van der Waals surface area contributed by atoms with Gasteiger partial charge < -0.3 is 5.11 Å². The Kier molecular flexibility index (Phi) is 6.13. The van der Waals surface area contributed by atoms with Gasteiger partial charge in [0.25, 0.3) is 0 Å². The summed E-state index contributed by atoms with van der Waals surface area (Å²) < 4.78 is 0. The number of carbonyl (C=O) groups excluding carboxylic acids is 1. The fourth-order valence-electron chi connectivity index (χ4n) is 2.28. The maximum absolute atomic E-state index is 12.1. The van der Waals surface area contributed by atoms with E-state index in [9.17, 15) is 9.90 Å². The fraction of sp³-hybridized carbons (Fsp3) is 0.278. The van der Waals surface area contributed by atoms with Crippen molar-refractivity contribution in [3.05, 3.63) is 71.8 Å². The highest BCUT2D eigenvalue weighted by molar-refractivity contribution is 5.96. The number of carbonyl (C=O) groups is 1. The zero-order chi connectivity index (χ0) is 14.9. The zero-order valence-corrected chi connectivity index (χ0v) is 12.1. The number of nitrogens with zero attached hydrogens (tertiary/aromatic N) is 1. The van der Waals surface area contributed by atoms with Crippen LogP contribution in [0.4, 0.5) is 0 Å². The van der Waals surface area contributed by atoms with Crippen molar-refractivity contribution >= 4 is 5.78 Å². The van der Waals surface area contributed by atoms with Crippen LogP contribution in [-0.4, -0.2) is 35.5 Å². The monoisotopic (exact) mass is 283 g/mol. The molecule has 0 spiro atoms. The van der Waals surface area contributed by atoms with E-state index in [-0.39, 0.29) is 12.4 Å². The molecular weight excluding hydrogens is 262 g/mol. The van der Waals surface area contributed by atoms with Crippen molar-refractivity contribution in [2.45, 2.75) is 13.0 Å². The maximum Gasteiger partial charge on any atom is 0.164 e. The number of aliphatic hydroxyl groups excluding tert-OH is 1. The Morgan fingerprint density at radius 1 is 0.905 bits per heavy atom. The Morgan fingerprint density at radius 3 is 2.14 bits per heavy atom. The van der Waals surface area contributed by atoms with Crippen LogP contribution in [0, 0.1) is 0 Å². The Hall–Kier alpha value is -1.97. The predicted octanol–water partition coefficient (Wildman–Crippen LogP) is 2.75. The lowest BCUT2D eigenvalue weighted by atomic mass is 10.1. The van der Waals surface area contributed by atoms with Crippen LogP contribution in [0.2, 0.25) is 0 Å². The summed E-state index contributed by atoms with van der Waals surface area (Å²) >= 11 is 0. The number of aliphatic hydroxyl groups is 1. The molecule has 2 aromatic carbocycles. The number of benzene rings is 2. The van der Waals surface area contributed by atoms with E-state index in [1.54, 1.807) is 0 Å². The van der Waals surface area contributed by atoms with Crippen molar-refractivity contribution in [2.75, 3.05) is 19.7 Å². The first-order chi connectivity index (χ1) is 10.3. The molecule has 0 fully saturated rings. The van der Waals surface area contributed by atoms with Gasteiger partial charge in [0.2, 0.25) is 0 Å². The topological polar surface area (TPSA) is 40.5 Å². The molecule has 0 atom stereocenters. The molecule has 0 aromatic heterocycles. The van der Waals surface area contributed by atoms with E-state index < -0.39 is 0 Å². The number of ketones is 1. The molecule has 21 heavy (non-hydrogen) atoms. The first-order valence-electron chi connectivity index (χ1n) is 7.25. The van der Waals surface area contributed by atoms with Crippen LogP contribution in [0.3, 0.4) is 0 Å². The van der Waals surface area contributed by atoms with Crippen LogP contribution in [0.25, 0.3) is 0 Å². The molecule has 3 nitrogen and oxygen atoms in total. The molecule has 0 saturated heterocycles. The Morgan fingerprint density at radius 2 is 1.52 bits per heavy atom. The van der Waals surface area contributed by atoms with Gasteiger partial charge in [0.05, 0.1) is 6.61 Å². The van der Waals surface area contributed by atoms with E-state index in [4.69, 9.17) is 0 Å². The third-order valence-electron chi connectivity index (χ3n) is 3.42. The van der Waals surface area contributed by atoms with Gasteiger partial charge in [0.15, 0.2) is 5.78 Å². The molecular formula is C18H21NO2. The summed E-state index contributed by atoms with van der Waals surface area (Å²) in [7, 11) is 0. The lowest BCUT2D eigenvalue weighted by Crippen LogP contribution is -2.29. The van der Waals surface area contributed by atoms with E-state index in [0.717, 1.165) is 12.1 Å². The summed E-state index contributed by atoms with van der Waals surface area (Å²) in [6, 6.07) is 19.5. The summed E-state index contributed by atoms with van der Waals surface area (Å²) in [5.74, 6) is 0.145. The van der Waals surface area contributed by atoms with E-state index in [1.807, 2.05) is 48.5 Å². The maximum atomic E-state index is 12.1. The van der Waals surface area contributed by atoms with Crippen LogP contribution in [-0.2, 0) is 6.54 Å². The minimum absolute atomic E-state index is 0.104. The molecule has 110 valence electrons. The minimum Gasteiger partial charge on any atom is -0.395 e. The zero-order valence-electron chi connectivity index (χ0n) is 12.1. The smallest absolute Gasteiger partial charge is 0.164 e. The third-order valence-corrected chi connectivity index (χ3v) is 3.42. The number of rotatable bonds is 8. The van der Waals surface area contributed by atoms with Crippen molar-refractivity contribution in [3.63, 3.8) is 0 Å². The van der Waals surface area contributed by atoms with Gasteiger partial charge in [-0.25, -0.2) is 0 Å². The lowest BCUT2D eigenvalue weighted by molar-refractivity contribution is 0.0954. The molecule has 0 heterocycles. The van der Waals surface area contributed by atoms with Crippen LogP contribution < -0.4 is 0 Å². The SMILES string of the molecule is O=C(CCN(CCO)Cc1ccccc1)c1ccccc1. The summed E-state index contributed by atoms with van der Waals surface area (Å²) in [6.45, 7) is 2.09. The van der Waals surface area contributed by atoms with Crippen molar-refractivity contribution in [1.29, 1.82) is 0 Å². The Bertz CT molecular complexity index is 540. The van der Waals surface area contributed by atoms with Crippen LogP contribution in [0.1, 0.15) is 22.3 Å². The molecule has 0 aliphatic heterocycles. The highest BCUT2D eigenvalue weighted by Gasteiger charge is 2.10. The van der Waals surface area contributed by atoms with Crippen molar-refractivity contribution in [3.8, 4) is 0 Å². The van der Waals surface area contributed by atoms with Crippen molar-refractivity contribution < 1.29 is 9.90 Å². The molecule has 0 amide bonds. The van der Waals surface area contributed by atoms with E-state index >= 15 is 0 Å². The average Bonchev–Trinajstić information content (AvgIpc) is 2.54. The molecule has 3 heteroatoms. The molecule has 0 aliphatic rings. The highest BCUT2D eigenvalue weighted by atomic mass is 16.3. The molecule has 2 aromatic rings. The van der Waals surface area contributed by atoms with Gasteiger partial charge in [0, 0.05) is 31.6 Å². The second kappa shape index (κ2) is 8.35. The summed E-state index contributed by atoms with van der Waals surface area (Å²) in [4.78, 5) is 14.2. The second-order valence-electron chi connectivity index (χ2n) is 5.02. The molecule has 2 rings (SSSR count). The average molecular weight is 283 g/mol. The van der Waals surface area contributed by atoms with Crippen molar-refractivity contribution in [2.24, 2.45) is 0 Å². The first-order valence-corrected chi connectivity index (χ1v) is 7.25. The molecule has 0 radical (unpaired) electrons. The number of Topliss-reactive ketones (excluding diaryl/α,β-unsaturated/α-hetero) is 1. The fourth-order valence-corrected chi connectivity index (χ4v) is 2.28. The van der Waals surface area contributed by atoms with E-state index in [1.165, 1.54) is 5.56 Å². The van der Waals surface area contributed by atoms with Gasteiger partial charge in [-0.3, -0.25) is 9.69 Å². The van der Waals surface area contributed by atoms with Crippen LogP contribution in [0.15, 0.2) is 60.7 Å².